The van der Waals surface area contributed by atoms with E-state index in [-0.39, 0.29) is 36.0 Å². The van der Waals surface area contributed by atoms with Gasteiger partial charge in [-0.2, -0.15) is 0 Å². The fourth-order valence-electron chi connectivity index (χ4n) is 7.92. The van der Waals surface area contributed by atoms with Crippen LogP contribution in [0.3, 0.4) is 0 Å². The van der Waals surface area contributed by atoms with Crippen molar-refractivity contribution in [3.05, 3.63) is 0 Å². The molecule has 0 unspecified atom stereocenters. The summed E-state index contributed by atoms with van der Waals surface area (Å²) in [5.41, 5.74) is 0. The Morgan fingerprint density at radius 2 is 0.311 bits per heavy atom. The van der Waals surface area contributed by atoms with Crippen LogP contribution in [-0.2, 0) is 31.2 Å². The molecule has 0 bridgehead atoms. The molecular weight excluding hydrogens is 804 g/mol. The number of carbonyl (C=O) groups is 3. The molecule has 0 aliphatic carbocycles. The van der Waals surface area contributed by atoms with Gasteiger partial charge in [0.15, 0.2) is 0 Å². The number of hydrogen-bond donors (Lipinski definition) is 0. The van der Waals surface area contributed by atoms with E-state index < -0.39 is 17.9 Å². The monoisotopic (exact) mass is 909 g/mol. The summed E-state index contributed by atoms with van der Waals surface area (Å²) in [4.78, 5) is 30.7. The number of aliphatic carboxylic acids is 3. The van der Waals surface area contributed by atoms with E-state index >= 15 is 0 Å². The smallest absolute Gasteiger partial charge is 0.550 e. The topological polar surface area (TPSA) is 120 Å². The Morgan fingerprint density at radius 1 is 0.213 bits per heavy atom. The van der Waals surface area contributed by atoms with Gasteiger partial charge in [-0.05, 0) is 38.5 Å². The first-order chi connectivity index (χ1) is 29.3. The van der Waals surface area contributed by atoms with E-state index in [4.69, 9.17) is 0 Å². The SMILES string of the molecule is CCCCCCCCCCCCCCCCCC(=O)[O-].CCCCCCCCCCCCCCCCCC(=O)[O-].CCCCCCCCCCCCCCCCCC(=O)[O-].[Co+3]. The molecule has 0 aliphatic rings. The molecule has 0 saturated carbocycles. The number of rotatable bonds is 48. The van der Waals surface area contributed by atoms with Crippen molar-refractivity contribution in [3.8, 4) is 0 Å². The van der Waals surface area contributed by atoms with Gasteiger partial charge in [0.2, 0.25) is 0 Å². The molecule has 366 valence electrons. The van der Waals surface area contributed by atoms with Crippen LogP contribution in [0.15, 0.2) is 0 Å². The van der Waals surface area contributed by atoms with Crippen molar-refractivity contribution in [1.82, 2.24) is 0 Å². The van der Waals surface area contributed by atoms with Crippen LogP contribution >= 0.6 is 0 Å². The average molecular weight is 909 g/mol. The van der Waals surface area contributed by atoms with Gasteiger partial charge in [-0.15, -0.1) is 0 Å². The maximum absolute atomic E-state index is 10.2. The van der Waals surface area contributed by atoms with E-state index in [2.05, 4.69) is 20.8 Å². The van der Waals surface area contributed by atoms with E-state index in [0.29, 0.717) is 0 Å². The maximum atomic E-state index is 10.2. The van der Waals surface area contributed by atoms with Gasteiger partial charge in [0.1, 0.15) is 0 Å². The van der Waals surface area contributed by atoms with Crippen LogP contribution in [0.1, 0.15) is 329 Å². The molecule has 0 amide bonds. The third-order valence-corrected chi connectivity index (χ3v) is 12.0. The number of carbonyl (C=O) groups excluding carboxylic acids is 3. The minimum Gasteiger partial charge on any atom is -0.550 e. The van der Waals surface area contributed by atoms with Crippen LogP contribution in [0.25, 0.3) is 0 Å². The molecule has 0 spiro atoms. The molecule has 0 aromatic carbocycles. The van der Waals surface area contributed by atoms with Crippen LogP contribution < -0.4 is 15.3 Å². The molecule has 0 aromatic rings. The second-order valence-corrected chi connectivity index (χ2v) is 18.2. The fourth-order valence-corrected chi connectivity index (χ4v) is 7.92. The summed E-state index contributed by atoms with van der Waals surface area (Å²) in [5, 5.41) is 30.7. The van der Waals surface area contributed by atoms with Crippen molar-refractivity contribution in [2.45, 2.75) is 329 Å². The molecule has 0 radical (unpaired) electrons. The Balaban J connectivity index is -0.000000396. The number of carboxylic acid groups (broad SMARTS) is 3. The Morgan fingerprint density at radius 3 is 0.410 bits per heavy atom. The molecule has 0 heterocycles. The number of carboxylic acids is 3. The first-order valence-electron chi connectivity index (χ1n) is 26.9. The summed E-state index contributed by atoms with van der Waals surface area (Å²) < 4.78 is 0. The first kappa shape index (κ1) is 66.5. The van der Waals surface area contributed by atoms with Gasteiger partial charge in [0.05, 0.1) is 0 Å². The maximum Gasteiger partial charge on any atom is 3.00 e. The zero-order valence-electron chi connectivity index (χ0n) is 41.2. The molecule has 7 heteroatoms. The van der Waals surface area contributed by atoms with Gasteiger partial charge in [0.25, 0.3) is 0 Å². The number of unbranched alkanes of at least 4 members (excludes halogenated alkanes) is 42. The standard InChI is InChI=1S/3C18H36O2.Co/c3*1-2-3-4-5-6-7-8-9-10-11-12-13-14-15-16-17-18(19)20;/h3*2-17H2,1H3,(H,19,20);/q;;;+3/p-3. The largest absolute Gasteiger partial charge is 3.00 e. The van der Waals surface area contributed by atoms with Gasteiger partial charge in [-0.3, -0.25) is 0 Å². The zero-order valence-corrected chi connectivity index (χ0v) is 42.3. The van der Waals surface area contributed by atoms with Gasteiger partial charge in [-0.25, -0.2) is 0 Å². The minimum absolute atomic E-state index is 0. The van der Waals surface area contributed by atoms with Crippen LogP contribution in [0, 0.1) is 0 Å². The molecule has 0 rings (SSSR count). The summed E-state index contributed by atoms with van der Waals surface area (Å²) in [5.74, 6) is -2.71. The predicted octanol–water partition coefficient (Wildman–Crippen LogP) is 15.0. The summed E-state index contributed by atoms with van der Waals surface area (Å²) in [6, 6.07) is 0. The van der Waals surface area contributed by atoms with Gasteiger partial charge in [-0.1, -0.05) is 290 Å². The quantitative estimate of drug-likeness (QED) is 0.0561. The Kier molecular flexibility index (Phi) is 68.9. The average Bonchev–Trinajstić information content (AvgIpc) is 3.22. The molecular formula is C54H105CoO6. The van der Waals surface area contributed by atoms with Crippen LogP contribution in [0.4, 0.5) is 0 Å². The van der Waals surface area contributed by atoms with Crippen molar-refractivity contribution in [3.63, 3.8) is 0 Å². The van der Waals surface area contributed by atoms with E-state index in [1.165, 1.54) is 250 Å². The van der Waals surface area contributed by atoms with E-state index in [9.17, 15) is 29.7 Å². The third-order valence-electron chi connectivity index (χ3n) is 12.0. The van der Waals surface area contributed by atoms with Crippen molar-refractivity contribution in [2.24, 2.45) is 0 Å². The molecule has 0 aliphatic heterocycles. The van der Waals surface area contributed by atoms with Crippen molar-refractivity contribution < 1.29 is 46.5 Å². The Labute approximate surface area is 391 Å². The molecule has 0 atom stereocenters. The third kappa shape index (κ3) is 76.6. The Hall–Kier alpha value is -1.08. The summed E-state index contributed by atoms with van der Waals surface area (Å²) in [6.07, 6.45) is 59.6. The predicted molar refractivity (Wildman–Crippen MR) is 254 cm³/mol. The molecule has 0 aromatic heterocycles. The van der Waals surface area contributed by atoms with Crippen molar-refractivity contribution in [2.75, 3.05) is 0 Å². The van der Waals surface area contributed by atoms with Gasteiger partial charge >= 0.3 is 16.8 Å². The second kappa shape index (κ2) is 63.2. The van der Waals surface area contributed by atoms with Gasteiger partial charge < -0.3 is 29.7 Å². The molecule has 61 heavy (non-hydrogen) atoms. The fraction of sp³-hybridized carbons (Fsp3) is 0.944. The van der Waals surface area contributed by atoms with E-state index in [1.807, 2.05) is 0 Å². The van der Waals surface area contributed by atoms with Crippen LogP contribution in [-0.4, -0.2) is 17.9 Å². The van der Waals surface area contributed by atoms with E-state index in [1.54, 1.807) is 0 Å². The minimum atomic E-state index is -0.903. The normalized spacial score (nSPS) is 10.7. The van der Waals surface area contributed by atoms with Gasteiger partial charge in [0, 0.05) is 17.9 Å². The summed E-state index contributed by atoms with van der Waals surface area (Å²) in [7, 11) is 0. The Bertz CT molecular complexity index is 717. The van der Waals surface area contributed by atoms with Crippen LogP contribution in [0.2, 0.25) is 0 Å². The second-order valence-electron chi connectivity index (χ2n) is 18.2. The van der Waals surface area contributed by atoms with Crippen molar-refractivity contribution >= 4 is 17.9 Å². The molecule has 6 nitrogen and oxygen atoms in total. The summed E-state index contributed by atoms with van der Waals surface area (Å²) in [6.45, 7) is 6.80. The molecule has 0 N–H and O–H groups in total. The van der Waals surface area contributed by atoms with E-state index in [0.717, 1.165) is 38.5 Å². The van der Waals surface area contributed by atoms with Crippen LogP contribution in [0.5, 0.6) is 0 Å². The first-order valence-corrected chi connectivity index (χ1v) is 26.9. The number of hydrogen-bond acceptors (Lipinski definition) is 6. The zero-order chi connectivity index (χ0) is 44.7. The molecule has 0 fully saturated rings. The van der Waals surface area contributed by atoms with Crippen molar-refractivity contribution in [1.29, 1.82) is 0 Å². The summed E-state index contributed by atoms with van der Waals surface area (Å²) >= 11 is 0. The molecule has 0 saturated heterocycles.